The summed E-state index contributed by atoms with van der Waals surface area (Å²) in [5.74, 6) is -2.86. The van der Waals surface area contributed by atoms with Crippen molar-refractivity contribution in [2.45, 2.75) is 57.5 Å². The summed E-state index contributed by atoms with van der Waals surface area (Å²) >= 11 is 0. The van der Waals surface area contributed by atoms with Crippen molar-refractivity contribution in [3.8, 4) is 0 Å². The van der Waals surface area contributed by atoms with Gasteiger partial charge >= 0.3 is 7.12 Å². The summed E-state index contributed by atoms with van der Waals surface area (Å²) in [4.78, 5) is 7.61. The fourth-order valence-electron chi connectivity index (χ4n) is 1.60. The van der Waals surface area contributed by atoms with Crippen molar-refractivity contribution in [2.24, 2.45) is 0 Å². The monoisotopic (exact) mass is 253 g/mol. The lowest BCUT2D eigenvalue weighted by atomic mass is 9.81. The summed E-state index contributed by atoms with van der Waals surface area (Å²) in [5.41, 5.74) is -1.39. The van der Waals surface area contributed by atoms with Crippen LogP contribution in [0.1, 0.15) is 61.8 Å². The number of aromatic nitrogens is 2. The molecule has 1 saturated carbocycles. The Balaban J connectivity index is 2.02. The molecule has 1 aliphatic carbocycles. The average molecular weight is 253 g/mol. The molecule has 0 bridgehead atoms. The van der Waals surface area contributed by atoms with Gasteiger partial charge in [0.25, 0.3) is 0 Å². The Kier molecular flexibility index (Phi) is 1.36. The second-order valence-electron chi connectivity index (χ2n) is 5.40. The highest BCUT2D eigenvalue weighted by atomic mass is 16.7. The Labute approximate surface area is 118 Å². The van der Waals surface area contributed by atoms with Crippen LogP contribution in [0.25, 0.3) is 0 Å². The molecule has 2 aliphatic rings. The zero-order valence-corrected chi connectivity index (χ0v) is 10.8. The van der Waals surface area contributed by atoms with Crippen molar-refractivity contribution in [3.05, 3.63) is 18.2 Å². The lowest BCUT2D eigenvalue weighted by Crippen LogP contribution is -2.41. The summed E-state index contributed by atoms with van der Waals surface area (Å²) in [6.07, 6.45) is -5.85. The van der Waals surface area contributed by atoms with Crippen LogP contribution in [0.3, 0.4) is 0 Å². The Morgan fingerprint density at radius 1 is 1.28 bits per heavy atom. The van der Waals surface area contributed by atoms with Crippen molar-refractivity contribution in [1.82, 2.24) is 9.97 Å². The molecular formula is C13H19BN2O2. The van der Waals surface area contributed by atoms with E-state index in [9.17, 15) is 0 Å². The zero-order chi connectivity index (χ0) is 19.2. The van der Waals surface area contributed by atoms with Crippen LogP contribution in [0.2, 0.25) is 0 Å². The minimum atomic E-state index is -2.50. The normalized spacial score (nSPS) is 38.4. The van der Waals surface area contributed by atoms with E-state index in [1.54, 1.807) is 0 Å². The lowest BCUT2D eigenvalue weighted by Gasteiger charge is -2.32. The quantitative estimate of drug-likeness (QED) is 0.752. The van der Waals surface area contributed by atoms with Crippen LogP contribution in [0.4, 0.5) is 0 Å². The first-order chi connectivity index (χ1) is 11.1. The first kappa shape index (κ1) is 6.48. The molecule has 1 aliphatic heterocycles. The molecule has 0 spiro atoms. The van der Waals surface area contributed by atoms with Crippen molar-refractivity contribution >= 4 is 12.6 Å². The highest BCUT2D eigenvalue weighted by molar-refractivity contribution is 6.61. The molecule has 1 aromatic rings. The van der Waals surface area contributed by atoms with Crippen molar-refractivity contribution in [3.63, 3.8) is 0 Å². The van der Waals surface area contributed by atoms with Crippen LogP contribution in [0.15, 0.2) is 12.3 Å². The van der Waals surface area contributed by atoms with Crippen molar-refractivity contribution in [2.75, 3.05) is 0 Å². The van der Waals surface area contributed by atoms with Crippen LogP contribution in [0, 0.1) is 0 Å². The van der Waals surface area contributed by atoms with E-state index in [1.807, 2.05) is 27.7 Å². The van der Waals surface area contributed by atoms with Gasteiger partial charge < -0.3 is 9.31 Å². The Hall–Kier alpha value is -0.935. The van der Waals surface area contributed by atoms with Gasteiger partial charge in [-0.2, -0.15) is 0 Å². The van der Waals surface area contributed by atoms with Crippen LogP contribution in [-0.4, -0.2) is 28.3 Å². The average Bonchev–Trinajstić information content (AvgIpc) is 2.63. The summed E-state index contributed by atoms with van der Waals surface area (Å²) in [5, 5.41) is 0. The maximum Gasteiger partial charge on any atom is 0.498 e. The van der Waals surface area contributed by atoms with Gasteiger partial charge in [0.2, 0.25) is 0 Å². The second kappa shape index (κ2) is 3.78. The molecule has 0 atom stereocenters. The molecule has 96 valence electrons. The zero-order valence-electron chi connectivity index (χ0n) is 17.8. The van der Waals surface area contributed by atoms with Gasteiger partial charge in [-0.25, -0.2) is 9.97 Å². The molecule has 4 nitrogen and oxygen atoms in total. The van der Waals surface area contributed by atoms with Gasteiger partial charge in [0.1, 0.15) is 5.82 Å². The molecule has 1 aromatic heterocycles. The van der Waals surface area contributed by atoms with E-state index >= 15 is 0 Å². The third-order valence-electron chi connectivity index (χ3n) is 3.53. The van der Waals surface area contributed by atoms with E-state index in [1.165, 1.54) is 0 Å². The predicted octanol–water partition coefficient (Wildman–Crippen LogP) is 1.65. The van der Waals surface area contributed by atoms with Gasteiger partial charge in [-0.3, -0.25) is 0 Å². The molecule has 0 N–H and O–H groups in total. The molecule has 18 heavy (non-hydrogen) atoms. The number of hydrogen-bond donors (Lipinski definition) is 0. The highest BCUT2D eigenvalue weighted by Gasteiger charge is 2.52. The van der Waals surface area contributed by atoms with E-state index in [4.69, 9.17) is 18.9 Å². The maximum absolute atomic E-state index is 8.08. The van der Waals surface area contributed by atoms with Crippen LogP contribution < -0.4 is 5.46 Å². The fraction of sp³-hybridized carbons (Fsp3) is 0.692. The lowest BCUT2D eigenvalue weighted by molar-refractivity contribution is 0.00578. The number of hydrogen-bond acceptors (Lipinski definition) is 4. The molecule has 0 aromatic carbocycles. The second-order valence-corrected chi connectivity index (χ2v) is 5.40. The Bertz CT molecular complexity index is 703. The predicted molar refractivity (Wildman–Crippen MR) is 69.7 cm³/mol. The van der Waals surface area contributed by atoms with E-state index in [0.29, 0.717) is 0 Å². The van der Waals surface area contributed by atoms with Crippen LogP contribution >= 0.6 is 0 Å². The Morgan fingerprint density at radius 3 is 2.22 bits per heavy atom. The SMILES string of the molecule is [2H]c1nc(C2([2H])C([2H])([2H])C2([2H])[2H])nc([2H])c1B1OC(C)(C)C(C)(C)O1. The first-order valence-corrected chi connectivity index (χ1v) is 5.81. The smallest absolute Gasteiger partial charge is 0.399 e. The van der Waals surface area contributed by atoms with E-state index < -0.39 is 55.1 Å². The molecule has 2 fully saturated rings. The summed E-state index contributed by atoms with van der Waals surface area (Å²) < 4.78 is 66.5. The van der Waals surface area contributed by atoms with E-state index in [0.717, 1.165) is 0 Å². The van der Waals surface area contributed by atoms with Gasteiger partial charge in [-0.05, 0) is 40.4 Å². The minimum Gasteiger partial charge on any atom is -0.399 e. The molecule has 5 heteroatoms. The minimum absolute atomic E-state index is 0.0206. The van der Waals surface area contributed by atoms with Crippen molar-refractivity contribution in [1.29, 1.82) is 0 Å². The summed E-state index contributed by atoms with van der Waals surface area (Å²) in [7, 11) is -1.03. The molecular weight excluding hydrogens is 227 g/mol. The number of nitrogens with zero attached hydrogens (tertiary/aromatic N) is 2. The molecule has 0 amide bonds. The van der Waals surface area contributed by atoms with Gasteiger partial charge in [0.05, 0.1) is 13.9 Å². The first-order valence-electron chi connectivity index (χ1n) is 9.31. The van der Waals surface area contributed by atoms with E-state index in [2.05, 4.69) is 9.97 Å². The third kappa shape index (κ3) is 1.95. The maximum atomic E-state index is 8.08. The Morgan fingerprint density at radius 2 is 1.78 bits per heavy atom. The van der Waals surface area contributed by atoms with Crippen molar-refractivity contribution < 1.29 is 18.9 Å². The van der Waals surface area contributed by atoms with Gasteiger partial charge in [-0.1, -0.05) is 0 Å². The van der Waals surface area contributed by atoms with Gasteiger partial charge in [0, 0.05) is 30.6 Å². The van der Waals surface area contributed by atoms with Gasteiger partial charge in [-0.15, -0.1) is 0 Å². The fourth-order valence-corrected chi connectivity index (χ4v) is 1.60. The van der Waals surface area contributed by atoms with E-state index in [-0.39, 0.29) is 5.46 Å². The van der Waals surface area contributed by atoms with Gasteiger partial charge in [0.15, 0.2) is 0 Å². The topological polar surface area (TPSA) is 44.2 Å². The molecule has 3 rings (SSSR count). The summed E-state index contributed by atoms with van der Waals surface area (Å²) in [6.45, 7) is 7.28. The molecule has 1 saturated heterocycles. The standard InChI is InChI=1S/C13H19BN2O2/c1-12(2)13(3,4)18-14(17-12)10-7-15-11(16-8-10)9-5-6-9/h7-9H,5-6H2,1-4H3/i5D2,6D2,7D,8D,9D. The largest absolute Gasteiger partial charge is 0.498 e. The molecule has 0 unspecified atom stereocenters. The van der Waals surface area contributed by atoms with Crippen LogP contribution in [0.5, 0.6) is 0 Å². The molecule has 2 heterocycles. The van der Waals surface area contributed by atoms with Crippen LogP contribution in [-0.2, 0) is 9.31 Å². The third-order valence-corrected chi connectivity index (χ3v) is 3.53. The summed E-state index contributed by atoms with van der Waals surface area (Å²) in [6, 6.07) is 0. The molecule has 0 radical (unpaired) electrons. The number of rotatable bonds is 2. The highest BCUT2D eigenvalue weighted by Crippen LogP contribution is 2.38.